The molecule has 3 heteroatoms. The van der Waals surface area contributed by atoms with Crippen LogP contribution in [0, 0.1) is 0 Å². The van der Waals surface area contributed by atoms with Gasteiger partial charge < -0.3 is 0 Å². The molecule has 0 fully saturated rings. The molecule has 2 aromatic carbocycles. The van der Waals surface area contributed by atoms with E-state index in [1.165, 1.54) is 17.5 Å². The van der Waals surface area contributed by atoms with E-state index in [4.69, 9.17) is 0 Å². The smallest absolute Gasteiger partial charge is 0.0835 e. The predicted octanol–water partition coefficient (Wildman–Crippen LogP) is 4.01. The molecule has 1 heterocycles. The highest BCUT2D eigenvalue weighted by atomic mass is 15.4. The summed E-state index contributed by atoms with van der Waals surface area (Å²) in [6.45, 7) is 2.21. The van der Waals surface area contributed by atoms with Crippen LogP contribution in [0.5, 0.6) is 0 Å². The quantitative estimate of drug-likeness (QED) is 0.687. The van der Waals surface area contributed by atoms with Gasteiger partial charge in [-0.1, -0.05) is 61.0 Å². The van der Waals surface area contributed by atoms with Gasteiger partial charge in [0.1, 0.15) is 0 Å². The molecule has 0 aliphatic heterocycles. The van der Waals surface area contributed by atoms with E-state index in [-0.39, 0.29) is 0 Å². The van der Waals surface area contributed by atoms with E-state index in [2.05, 4.69) is 41.5 Å². The summed E-state index contributed by atoms with van der Waals surface area (Å²) >= 11 is 0. The first-order valence-electron chi connectivity index (χ1n) is 7.89. The molecule has 0 saturated carbocycles. The molecule has 22 heavy (non-hydrogen) atoms. The lowest BCUT2D eigenvalue weighted by atomic mass is 10.0. The molecule has 3 nitrogen and oxygen atoms in total. The van der Waals surface area contributed by atoms with E-state index < -0.39 is 0 Å². The molecule has 0 saturated heterocycles. The minimum atomic E-state index is 0.917. The zero-order valence-electron chi connectivity index (χ0n) is 12.9. The van der Waals surface area contributed by atoms with Crippen molar-refractivity contribution < 1.29 is 0 Å². The molecule has 0 radical (unpaired) electrons. The first-order chi connectivity index (χ1) is 10.8. The number of rotatable bonds is 6. The van der Waals surface area contributed by atoms with Crippen molar-refractivity contribution in [3.63, 3.8) is 0 Å². The van der Waals surface area contributed by atoms with Crippen molar-refractivity contribution >= 4 is 0 Å². The summed E-state index contributed by atoms with van der Waals surface area (Å²) in [5.74, 6) is 0. The van der Waals surface area contributed by atoms with Gasteiger partial charge in [-0.15, -0.1) is 5.10 Å². The van der Waals surface area contributed by atoms with Gasteiger partial charge >= 0.3 is 0 Å². The van der Waals surface area contributed by atoms with Crippen LogP contribution in [0.2, 0.25) is 0 Å². The molecule has 0 aliphatic rings. The molecule has 3 rings (SSSR count). The fourth-order valence-corrected chi connectivity index (χ4v) is 2.55. The van der Waals surface area contributed by atoms with Crippen LogP contribution in [0.1, 0.15) is 30.2 Å². The molecule has 3 aromatic rings. The Hall–Kier alpha value is -2.42. The molecule has 0 spiro atoms. The molecule has 0 N–H and O–H groups in total. The third-order valence-corrected chi connectivity index (χ3v) is 3.79. The maximum absolute atomic E-state index is 4.27. The Balaban J connectivity index is 1.61. The number of aryl methyl sites for hydroxylation is 3. The molecule has 1 aromatic heterocycles. The lowest BCUT2D eigenvalue weighted by Crippen LogP contribution is -1.93. The van der Waals surface area contributed by atoms with Gasteiger partial charge in [-0.3, -0.25) is 0 Å². The number of aromatic nitrogens is 3. The van der Waals surface area contributed by atoms with Gasteiger partial charge in [0.2, 0.25) is 0 Å². The predicted molar refractivity (Wildman–Crippen MR) is 89.2 cm³/mol. The van der Waals surface area contributed by atoms with Crippen LogP contribution < -0.4 is 0 Å². The first-order valence-corrected chi connectivity index (χ1v) is 7.89. The minimum Gasteiger partial charge on any atom is -0.220 e. The van der Waals surface area contributed by atoms with Crippen LogP contribution in [-0.4, -0.2) is 15.0 Å². The Morgan fingerprint density at radius 1 is 0.818 bits per heavy atom. The lowest BCUT2D eigenvalue weighted by Gasteiger charge is -2.02. The van der Waals surface area contributed by atoms with Crippen LogP contribution in [-0.2, 0) is 19.3 Å². The Morgan fingerprint density at radius 3 is 2.18 bits per heavy atom. The van der Waals surface area contributed by atoms with Crippen LogP contribution in [0.4, 0.5) is 0 Å². The second-order valence-corrected chi connectivity index (χ2v) is 5.56. The summed E-state index contributed by atoms with van der Waals surface area (Å²) in [5.41, 5.74) is 4.85. The van der Waals surface area contributed by atoms with Crippen LogP contribution in [0.15, 0.2) is 60.8 Å². The molecule has 0 aliphatic carbocycles. The van der Waals surface area contributed by atoms with Gasteiger partial charge in [-0.2, -0.15) is 0 Å². The largest absolute Gasteiger partial charge is 0.220 e. The highest BCUT2D eigenvalue weighted by Gasteiger charge is 2.03. The molecular weight excluding hydrogens is 270 g/mol. The third-order valence-electron chi connectivity index (χ3n) is 3.79. The Morgan fingerprint density at radius 2 is 1.50 bits per heavy atom. The van der Waals surface area contributed by atoms with E-state index in [9.17, 15) is 0 Å². The van der Waals surface area contributed by atoms with Gasteiger partial charge in [0.05, 0.1) is 17.6 Å². The number of benzene rings is 2. The molecule has 0 amide bonds. The minimum absolute atomic E-state index is 0.917. The average molecular weight is 291 g/mol. The summed E-state index contributed by atoms with van der Waals surface area (Å²) < 4.78 is 1.83. The summed E-state index contributed by atoms with van der Waals surface area (Å²) in [6, 6.07) is 19.0. The van der Waals surface area contributed by atoms with E-state index in [1.54, 1.807) is 0 Å². The maximum atomic E-state index is 4.27. The third kappa shape index (κ3) is 3.61. The fourth-order valence-electron chi connectivity index (χ4n) is 2.55. The first kappa shape index (κ1) is 14.5. The Labute approximate surface area is 131 Å². The van der Waals surface area contributed by atoms with Gasteiger partial charge in [0.25, 0.3) is 0 Å². The lowest BCUT2D eigenvalue weighted by molar-refractivity contribution is 0.794. The topological polar surface area (TPSA) is 30.7 Å². The zero-order valence-corrected chi connectivity index (χ0v) is 12.9. The van der Waals surface area contributed by atoms with E-state index in [0.29, 0.717) is 0 Å². The summed E-state index contributed by atoms with van der Waals surface area (Å²) in [6.07, 6.45) is 6.29. The zero-order chi connectivity index (χ0) is 15.2. The SMILES string of the molecule is CCCc1ccc(CCc2cn(-c3ccccc3)nn2)cc1. The van der Waals surface area contributed by atoms with Crippen molar-refractivity contribution in [3.05, 3.63) is 77.6 Å². The van der Waals surface area contributed by atoms with Crippen molar-refractivity contribution in [2.75, 3.05) is 0 Å². The molecule has 0 atom stereocenters. The number of nitrogens with zero attached hydrogens (tertiary/aromatic N) is 3. The van der Waals surface area contributed by atoms with E-state index in [0.717, 1.165) is 30.6 Å². The van der Waals surface area contributed by atoms with Crippen molar-refractivity contribution in [2.45, 2.75) is 32.6 Å². The molecular formula is C19H21N3. The number of hydrogen-bond donors (Lipinski definition) is 0. The monoisotopic (exact) mass is 291 g/mol. The van der Waals surface area contributed by atoms with Gasteiger partial charge in [0, 0.05) is 0 Å². The highest BCUT2D eigenvalue weighted by molar-refractivity contribution is 5.30. The number of para-hydroxylation sites is 1. The van der Waals surface area contributed by atoms with Crippen molar-refractivity contribution in [1.29, 1.82) is 0 Å². The normalized spacial score (nSPS) is 10.8. The van der Waals surface area contributed by atoms with Gasteiger partial charge in [0.15, 0.2) is 0 Å². The Kier molecular flexibility index (Phi) is 4.64. The van der Waals surface area contributed by atoms with Crippen LogP contribution in [0.25, 0.3) is 5.69 Å². The van der Waals surface area contributed by atoms with Crippen LogP contribution in [0.3, 0.4) is 0 Å². The molecule has 0 unspecified atom stereocenters. The second kappa shape index (κ2) is 7.03. The molecule has 0 bridgehead atoms. The molecule has 112 valence electrons. The van der Waals surface area contributed by atoms with Crippen molar-refractivity contribution in [2.24, 2.45) is 0 Å². The maximum Gasteiger partial charge on any atom is 0.0835 e. The highest BCUT2D eigenvalue weighted by Crippen LogP contribution is 2.11. The van der Waals surface area contributed by atoms with Crippen molar-refractivity contribution in [1.82, 2.24) is 15.0 Å². The Bertz CT molecular complexity index is 699. The summed E-state index contributed by atoms with van der Waals surface area (Å²) in [7, 11) is 0. The van der Waals surface area contributed by atoms with Crippen molar-refractivity contribution in [3.8, 4) is 5.69 Å². The van der Waals surface area contributed by atoms with Gasteiger partial charge in [-0.25, -0.2) is 4.68 Å². The van der Waals surface area contributed by atoms with Crippen LogP contribution >= 0.6 is 0 Å². The standard InChI is InChI=1S/C19H21N3/c1-2-6-16-9-11-17(12-10-16)13-14-18-15-22(21-20-18)19-7-4-3-5-8-19/h3-5,7-12,15H,2,6,13-14H2,1H3. The average Bonchev–Trinajstić information content (AvgIpc) is 3.04. The second-order valence-electron chi connectivity index (χ2n) is 5.56. The summed E-state index contributed by atoms with van der Waals surface area (Å²) in [4.78, 5) is 0. The fraction of sp³-hybridized carbons (Fsp3) is 0.263. The number of hydrogen-bond acceptors (Lipinski definition) is 2. The van der Waals surface area contributed by atoms with E-state index in [1.807, 2.05) is 41.2 Å². The summed E-state index contributed by atoms with van der Waals surface area (Å²) in [5, 5.41) is 8.47. The van der Waals surface area contributed by atoms with E-state index >= 15 is 0 Å². The van der Waals surface area contributed by atoms with Gasteiger partial charge in [-0.05, 0) is 42.5 Å².